The molecule has 0 bridgehead atoms. The van der Waals surface area contributed by atoms with Gasteiger partial charge in [-0.25, -0.2) is 9.69 Å². The standard InChI is InChI=1S/C26H31NO4/c1-19(2)23-26(3,4)31-25(29)27(23)24(28)22(17-20-11-7-5-8-12-20)15-16-30-18-21-13-9-6-10-14-21/h5-16,19,22-23H,17-18H2,1-4H3/b16-15-/t22-,23+/m1/s1. The predicted octanol–water partition coefficient (Wildman–Crippen LogP) is 5.36. The highest BCUT2D eigenvalue weighted by Gasteiger charge is 2.52. The zero-order valence-corrected chi connectivity index (χ0v) is 18.7. The van der Waals surface area contributed by atoms with Crippen LogP contribution in [0.3, 0.4) is 0 Å². The molecular formula is C26H31NO4. The normalized spacial score (nSPS) is 18.9. The lowest BCUT2D eigenvalue weighted by Gasteiger charge is -2.32. The van der Waals surface area contributed by atoms with Gasteiger partial charge < -0.3 is 9.47 Å². The number of imide groups is 1. The minimum atomic E-state index is -0.730. The number of amides is 2. The summed E-state index contributed by atoms with van der Waals surface area (Å²) in [6.07, 6.45) is 3.20. The van der Waals surface area contributed by atoms with Crippen LogP contribution in [0.15, 0.2) is 73.0 Å². The Balaban J connectivity index is 1.80. The molecule has 1 saturated heterocycles. The number of carbonyl (C=O) groups excluding carboxylic acids is 2. The van der Waals surface area contributed by atoms with Crippen molar-refractivity contribution in [2.45, 2.75) is 52.4 Å². The van der Waals surface area contributed by atoms with Crippen LogP contribution >= 0.6 is 0 Å². The summed E-state index contributed by atoms with van der Waals surface area (Å²) in [5.41, 5.74) is 1.33. The van der Waals surface area contributed by atoms with Crippen molar-refractivity contribution in [3.05, 3.63) is 84.1 Å². The van der Waals surface area contributed by atoms with E-state index in [4.69, 9.17) is 9.47 Å². The third-order valence-electron chi connectivity index (χ3n) is 5.52. The van der Waals surface area contributed by atoms with E-state index >= 15 is 0 Å². The average Bonchev–Trinajstić information content (AvgIpc) is 2.99. The van der Waals surface area contributed by atoms with E-state index in [2.05, 4.69) is 0 Å². The van der Waals surface area contributed by atoms with E-state index in [0.717, 1.165) is 11.1 Å². The number of hydrogen-bond donors (Lipinski definition) is 0. The second kappa shape index (κ2) is 9.82. The molecule has 0 aliphatic carbocycles. The first kappa shape index (κ1) is 22.6. The van der Waals surface area contributed by atoms with E-state index in [-0.39, 0.29) is 17.9 Å². The van der Waals surface area contributed by atoms with Gasteiger partial charge in [0.25, 0.3) is 0 Å². The SMILES string of the molecule is CC(C)[C@@H]1N(C(=O)[C@H](/C=C\OCc2ccccc2)Cc2ccccc2)C(=O)OC1(C)C. The topological polar surface area (TPSA) is 55.8 Å². The number of ether oxygens (including phenoxy) is 2. The third kappa shape index (κ3) is 5.54. The fraction of sp³-hybridized carbons (Fsp3) is 0.385. The molecule has 0 saturated carbocycles. The molecule has 1 heterocycles. The van der Waals surface area contributed by atoms with Crippen LogP contribution in [-0.4, -0.2) is 28.5 Å². The highest BCUT2D eigenvalue weighted by molar-refractivity contribution is 5.96. The van der Waals surface area contributed by atoms with E-state index in [1.165, 1.54) is 4.90 Å². The molecule has 5 nitrogen and oxygen atoms in total. The molecule has 0 aromatic heterocycles. The lowest BCUT2D eigenvalue weighted by atomic mass is 9.87. The maximum absolute atomic E-state index is 13.5. The van der Waals surface area contributed by atoms with Gasteiger partial charge in [0.15, 0.2) is 0 Å². The van der Waals surface area contributed by atoms with Gasteiger partial charge in [0.05, 0.1) is 18.2 Å². The summed E-state index contributed by atoms with van der Waals surface area (Å²) in [6, 6.07) is 19.3. The van der Waals surface area contributed by atoms with Crippen molar-refractivity contribution in [2.24, 2.45) is 11.8 Å². The first-order valence-corrected chi connectivity index (χ1v) is 10.7. The highest BCUT2D eigenvalue weighted by Crippen LogP contribution is 2.35. The van der Waals surface area contributed by atoms with Crippen molar-refractivity contribution < 1.29 is 19.1 Å². The number of benzene rings is 2. The van der Waals surface area contributed by atoms with Gasteiger partial charge in [0, 0.05) is 0 Å². The zero-order valence-electron chi connectivity index (χ0n) is 18.7. The molecular weight excluding hydrogens is 390 g/mol. The van der Waals surface area contributed by atoms with Crippen LogP contribution < -0.4 is 0 Å². The molecule has 1 fully saturated rings. The average molecular weight is 422 g/mol. The number of cyclic esters (lactones) is 1. The monoisotopic (exact) mass is 421 g/mol. The smallest absolute Gasteiger partial charge is 0.417 e. The molecule has 31 heavy (non-hydrogen) atoms. The molecule has 5 heteroatoms. The summed E-state index contributed by atoms with van der Waals surface area (Å²) >= 11 is 0. The maximum Gasteiger partial charge on any atom is 0.417 e. The molecule has 0 radical (unpaired) electrons. The Labute approximate surface area is 184 Å². The van der Waals surface area contributed by atoms with Crippen molar-refractivity contribution in [3.8, 4) is 0 Å². The summed E-state index contributed by atoms with van der Waals surface area (Å²) in [5, 5.41) is 0. The Hall–Kier alpha value is -3.08. The van der Waals surface area contributed by atoms with Gasteiger partial charge in [-0.15, -0.1) is 0 Å². The molecule has 1 aliphatic rings. The summed E-state index contributed by atoms with van der Waals surface area (Å²) in [6.45, 7) is 8.12. The molecule has 2 atom stereocenters. The second-order valence-corrected chi connectivity index (χ2v) is 8.79. The Morgan fingerprint density at radius 2 is 1.65 bits per heavy atom. The van der Waals surface area contributed by atoms with E-state index in [1.54, 1.807) is 12.3 Å². The molecule has 0 spiro atoms. The van der Waals surface area contributed by atoms with Crippen molar-refractivity contribution in [3.63, 3.8) is 0 Å². The van der Waals surface area contributed by atoms with Crippen molar-refractivity contribution in [1.82, 2.24) is 4.90 Å². The number of nitrogens with zero attached hydrogens (tertiary/aromatic N) is 1. The first-order chi connectivity index (χ1) is 14.8. The summed E-state index contributed by atoms with van der Waals surface area (Å²) in [5.74, 6) is -0.736. The summed E-state index contributed by atoms with van der Waals surface area (Å²) in [7, 11) is 0. The van der Waals surface area contributed by atoms with Crippen LogP contribution in [-0.2, 0) is 27.3 Å². The van der Waals surface area contributed by atoms with Crippen LogP contribution in [0.4, 0.5) is 4.79 Å². The lowest BCUT2D eigenvalue weighted by Crippen LogP contribution is -2.49. The molecule has 0 N–H and O–H groups in total. The van der Waals surface area contributed by atoms with Gasteiger partial charge in [0.2, 0.25) is 5.91 Å². The van der Waals surface area contributed by atoms with E-state index < -0.39 is 17.6 Å². The van der Waals surface area contributed by atoms with Crippen LogP contribution in [0.1, 0.15) is 38.8 Å². The molecule has 2 aromatic rings. The quantitative estimate of drug-likeness (QED) is 0.539. The van der Waals surface area contributed by atoms with Crippen LogP contribution in [0.2, 0.25) is 0 Å². The summed E-state index contributed by atoms with van der Waals surface area (Å²) < 4.78 is 11.2. The van der Waals surface area contributed by atoms with Gasteiger partial charge in [0.1, 0.15) is 12.2 Å². The van der Waals surface area contributed by atoms with Crippen molar-refractivity contribution in [1.29, 1.82) is 0 Å². The molecule has 0 unspecified atom stereocenters. The van der Waals surface area contributed by atoms with Crippen molar-refractivity contribution >= 4 is 12.0 Å². The van der Waals surface area contributed by atoms with Crippen LogP contribution in [0, 0.1) is 11.8 Å². The van der Waals surface area contributed by atoms with Gasteiger partial charge in [-0.05, 0) is 43.4 Å². The van der Waals surface area contributed by atoms with Crippen LogP contribution in [0.25, 0.3) is 0 Å². The molecule has 164 valence electrons. The zero-order chi connectivity index (χ0) is 22.4. The number of rotatable bonds is 8. The molecule has 2 aromatic carbocycles. The predicted molar refractivity (Wildman–Crippen MR) is 120 cm³/mol. The lowest BCUT2D eigenvalue weighted by molar-refractivity contribution is -0.133. The fourth-order valence-electron chi connectivity index (χ4n) is 4.24. The number of carbonyl (C=O) groups is 2. The highest BCUT2D eigenvalue weighted by atomic mass is 16.6. The maximum atomic E-state index is 13.5. The Bertz CT molecular complexity index is 906. The Morgan fingerprint density at radius 1 is 1.06 bits per heavy atom. The van der Waals surface area contributed by atoms with Gasteiger partial charge in [-0.1, -0.05) is 74.5 Å². The van der Waals surface area contributed by atoms with E-state index in [9.17, 15) is 9.59 Å². The molecule has 2 amide bonds. The largest absolute Gasteiger partial charge is 0.497 e. The first-order valence-electron chi connectivity index (χ1n) is 10.7. The number of hydrogen-bond acceptors (Lipinski definition) is 4. The minimum absolute atomic E-state index is 0.0704. The van der Waals surface area contributed by atoms with Crippen molar-refractivity contribution in [2.75, 3.05) is 0 Å². The van der Waals surface area contributed by atoms with Gasteiger partial charge in [-0.2, -0.15) is 0 Å². The third-order valence-corrected chi connectivity index (χ3v) is 5.52. The van der Waals surface area contributed by atoms with Gasteiger partial charge in [-0.3, -0.25) is 4.79 Å². The van der Waals surface area contributed by atoms with Crippen LogP contribution in [0.5, 0.6) is 0 Å². The fourth-order valence-corrected chi connectivity index (χ4v) is 4.24. The van der Waals surface area contributed by atoms with E-state index in [1.807, 2.05) is 88.4 Å². The Morgan fingerprint density at radius 3 is 2.23 bits per heavy atom. The summed E-state index contributed by atoms with van der Waals surface area (Å²) in [4.78, 5) is 27.5. The van der Waals surface area contributed by atoms with Gasteiger partial charge >= 0.3 is 6.09 Å². The second-order valence-electron chi connectivity index (χ2n) is 8.79. The minimum Gasteiger partial charge on any atom is -0.497 e. The molecule has 1 aliphatic heterocycles. The van der Waals surface area contributed by atoms with E-state index in [0.29, 0.717) is 13.0 Å². The Kier molecular flexibility index (Phi) is 7.16. The molecule has 3 rings (SSSR count).